The summed E-state index contributed by atoms with van der Waals surface area (Å²) in [4.78, 5) is 2.78. The van der Waals surface area contributed by atoms with E-state index in [1.165, 1.54) is 38.8 Å². The minimum atomic E-state index is 0.368. The fourth-order valence-corrected chi connectivity index (χ4v) is 2.99. The second-order valence-corrected chi connectivity index (χ2v) is 7.83. The quantitative estimate of drug-likeness (QED) is 0.826. The van der Waals surface area contributed by atoms with Gasteiger partial charge in [0.25, 0.3) is 0 Å². The zero-order valence-corrected chi connectivity index (χ0v) is 13.1. The highest BCUT2D eigenvalue weighted by atomic mass is 15.3. The third kappa shape index (κ3) is 3.27. The van der Waals surface area contributed by atoms with E-state index >= 15 is 0 Å². The summed E-state index contributed by atoms with van der Waals surface area (Å²) in [5, 5.41) is 3.79. The van der Waals surface area contributed by atoms with Crippen LogP contribution in [0.5, 0.6) is 0 Å². The third-order valence-electron chi connectivity index (χ3n) is 5.21. The van der Waals surface area contributed by atoms with Crippen LogP contribution in [-0.4, -0.2) is 36.1 Å². The van der Waals surface area contributed by atoms with E-state index in [-0.39, 0.29) is 0 Å². The summed E-state index contributed by atoms with van der Waals surface area (Å²) in [5.74, 6) is 1.05. The van der Waals surface area contributed by atoms with Crippen molar-refractivity contribution in [1.29, 1.82) is 0 Å². The standard InChI is InChI=1S/C16H32N2/c1-6-16(5)12-17-14(15(2,3)4)11-18(16)10-9-13-7-8-13/h13-14,17H,6-12H2,1-5H3. The first kappa shape index (κ1) is 14.3. The van der Waals surface area contributed by atoms with E-state index in [1.54, 1.807) is 0 Å². The van der Waals surface area contributed by atoms with Crippen LogP contribution < -0.4 is 5.32 Å². The van der Waals surface area contributed by atoms with E-state index in [2.05, 4.69) is 44.8 Å². The minimum absolute atomic E-state index is 0.368. The van der Waals surface area contributed by atoms with Crippen LogP contribution in [0.25, 0.3) is 0 Å². The molecule has 0 aromatic rings. The number of nitrogens with zero attached hydrogens (tertiary/aromatic N) is 1. The fourth-order valence-electron chi connectivity index (χ4n) is 2.99. The van der Waals surface area contributed by atoms with Gasteiger partial charge in [0.1, 0.15) is 0 Å². The Hall–Kier alpha value is -0.0800. The highest BCUT2D eigenvalue weighted by Crippen LogP contribution is 2.35. The molecule has 2 atom stereocenters. The second-order valence-electron chi connectivity index (χ2n) is 7.83. The lowest BCUT2D eigenvalue weighted by Crippen LogP contribution is -2.65. The van der Waals surface area contributed by atoms with E-state index in [0.717, 1.165) is 12.5 Å². The predicted molar refractivity (Wildman–Crippen MR) is 78.9 cm³/mol. The molecule has 1 saturated carbocycles. The molecule has 18 heavy (non-hydrogen) atoms. The SMILES string of the molecule is CCC1(C)CNC(C(C)(C)C)CN1CCC1CC1. The maximum Gasteiger partial charge on any atom is 0.0303 e. The van der Waals surface area contributed by atoms with E-state index in [9.17, 15) is 0 Å². The Balaban J connectivity index is 1.98. The van der Waals surface area contributed by atoms with Crippen molar-refractivity contribution in [3.63, 3.8) is 0 Å². The molecule has 0 amide bonds. The largest absolute Gasteiger partial charge is 0.310 e. The monoisotopic (exact) mass is 252 g/mol. The van der Waals surface area contributed by atoms with Crippen molar-refractivity contribution in [3.8, 4) is 0 Å². The molecule has 0 radical (unpaired) electrons. The maximum atomic E-state index is 3.79. The van der Waals surface area contributed by atoms with Crippen molar-refractivity contribution in [2.45, 2.75) is 71.9 Å². The van der Waals surface area contributed by atoms with Crippen molar-refractivity contribution in [2.24, 2.45) is 11.3 Å². The van der Waals surface area contributed by atoms with Gasteiger partial charge in [0.2, 0.25) is 0 Å². The van der Waals surface area contributed by atoms with E-state index in [0.29, 0.717) is 17.0 Å². The summed E-state index contributed by atoms with van der Waals surface area (Å²) in [5.41, 5.74) is 0.740. The summed E-state index contributed by atoms with van der Waals surface area (Å²) in [6, 6.07) is 0.635. The van der Waals surface area contributed by atoms with Gasteiger partial charge in [0, 0.05) is 24.7 Å². The highest BCUT2D eigenvalue weighted by Gasteiger charge is 2.40. The van der Waals surface area contributed by atoms with Crippen LogP contribution in [0.1, 0.15) is 60.3 Å². The molecular formula is C16H32N2. The number of hydrogen-bond donors (Lipinski definition) is 1. The molecule has 2 rings (SSSR count). The number of piperazine rings is 1. The first-order valence-corrected chi connectivity index (χ1v) is 7.83. The van der Waals surface area contributed by atoms with Crippen molar-refractivity contribution in [1.82, 2.24) is 10.2 Å². The molecule has 2 aliphatic rings. The lowest BCUT2D eigenvalue weighted by molar-refractivity contribution is 0.0203. The molecular weight excluding hydrogens is 220 g/mol. The van der Waals surface area contributed by atoms with Gasteiger partial charge in [0.15, 0.2) is 0 Å². The van der Waals surface area contributed by atoms with Gasteiger partial charge in [-0.25, -0.2) is 0 Å². The van der Waals surface area contributed by atoms with Crippen molar-refractivity contribution < 1.29 is 0 Å². The smallest absolute Gasteiger partial charge is 0.0303 e. The second kappa shape index (κ2) is 5.13. The van der Waals surface area contributed by atoms with Crippen LogP contribution in [-0.2, 0) is 0 Å². The number of nitrogens with one attached hydrogen (secondary N) is 1. The Bertz CT molecular complexity index is 277. The summed E-state index contributed by atoms with van der Waals surface area (Å²) in [6.07, 6.45) is 5.64. The Morgan fingerprint density at radius 2 is 1.94 bits per heavy atom. The Kier molecular flexibility index (Phi) is 4.08. The average molecular weight is 252 g/mol. The molecule has 2 heteroatoms. The van der Waals surface area contributed by atoms with E-state index < -0.39 is 0 Å². The van der Waals surface area contributed by atoms with Gasteiger partial charge in [-0.05, 0) is 37.6 Å². The average Bonchev–Trinajstić information content (AvgIpc) is 3.10. The molecule has 106 valence electrons. The van der Waals surface area contributed by atoms with Crippen LogP contribution in [0, 0.1) is 11.3 Å². The van der Waals surface area contributed by atoms with Gasteiger partial charge in [-0.2, -0.15) is 0 Å². The highest BCUT2D eigenvalue weighted by molar-refractivity contribution is 4.98. The Morgan fingerprint density at radius 1 is 1.28 bits per heavy atom. The van der Waals surface area contributed by atoms with Crippen molar-refractivity contribution in [2.75, 3.05) is 19.6 Å². The van der Waals surface area contributed by atoms with E-state index in [4.69, 9.17) is 0 Å². The molecule has 2 unspecified atom stereocenters. The van der Waals surface area contributed by atoms with Crippen molar-refractivity contribution >= 4 is 0 Å². The molecule has 2 fully saturated rings. The lowest BCUT2D eigenvalue weighted by atomic mass is 9.81. The van der Waals surface area contributed by atoms with Gasteiger partial charge in [-0.3, -0.25) is 4.90 Å². The van der Waals surface area contributed by atoms with Crippen LogP contribution in [0.15, 0.2) is 0 Å². The lowest BCUT2D eigenvalue weighted by Gasteiger charge is -2.51. The van der Waals surface area contributed by atoms with Gasteiger partial charge < -0.3 is 5.32 Å². The van der Waals surface area contributed by atoms with Gasteiger partial charge in [0.05, 0.1) is 0 Å². The van der Waals surface area contributed by atoms with Crippen molar-refractivity contribution in [3.05, 3.63) is 0 Å². The van der Waals surface area contributed by atoms with Gasteiger partial charge in [-0.15, -0.1) is 0 Å². The predicted octanol–water partition coefficient (Wildman–Crippen LogP) is 3.28. The zero-order chi connectivity index (χ0) is 13.4. The fraction of sp³-hybridized carbons (Fsp3) is 1.00. The summed E-state index contributed by atoms with van der Waals surface area (Å²) >= 11 is 0. The molecule has 1 aliphatic carbocycles. The molecule has 1 saturated heterocycles. The Labute approximate surface area is 114 Å². The maximum absolute atomic E-state index is 3.79. The molecule has 0 aromatic carbocycles. The molecule has 0 spiro atoms. The summed E-state index contributed by atoms with van der Waals surface area (Å²) < 4.78 is 0. The van der Waals surface area contributed by atoms with Gasteiger partial charge in [-0.1, -0.05) is 40.5 Å². The molecule has 0 aromatic heterocycles. The third-order valence-corrected chi connectivity index (χ3v) is 5.21. The molecule has 1 heterocycles. The zero-order valence-electron chi connectivity index (χ0n) is 13.1. The van der Waals surface area contributed by atoms with Gasteiger partial charge >= 0.3 is 0 Å². The number of hydrogen-bond acceptors (Lipinski definition) is 2. The molecule has 2 nitrogen and oxygen atoms in total. The van der Waals surface area contributed by atoms with Crippen LogP contribution in [0.2, 0.25) is 0 Å². The number of rotatable bonds is 4. The molecule has 0 bridgehead atoms. The van der Waals surface area contributed by atoms with Crippen LogP contribution in [0.4, 0.5) is 0 Å². The molecule has 1 N–H and O–H groups in total. The van der Waals surface area contributed by atoms with Crippen LogP contribution in [0.3, 0.4) is 0 Å². The Morgan fingerprint density at radius 3 is 2.44 bits per heavy atom. The van der Waals surface area contributed by atoms with E-state index in [1.807, 2.05) is 0 Å². The first-order chi connectivity index (χ1) is 8.35. The molecule has 1 aliphatic heterocycles. The summed E-state index contributed by atoms with van der Waals surface area (Å²) in [6.45, 7) is 15.5. The minimum Gasteiger partial charge on any atom is -0.310 e. The first-order valence-electron chi connectivity index (χ1n) is 7.83. The normalized spacial score (nSPS) is 34.8. The van der Waals surface area contributed by atoms with Crippen LogP contribution >= 0.6 is 0 Å². The summed E-state index contributed by atoms with van der Waals surface area (Å²) in [7, 11) is 0. The topological polar surface area (TPSA) is 15.3 Å².